The van der Waals surface area contributed by atoms with Gasteiger partial charge in [0.05, 0.1) is 15.6 Å². The van der Waals surface area contributed by atoms with Gasteiger partial charge < -0.3 is 10.2 Å². The summed E-state index contributed by atoms with van der Waals surface area (Å²) in [6.07, 6.45) is 4.12. The standard InChI is InChI=1S/C36H37BrClN3O4S/c1-26-18-20-31(21-19-26)46(44,45)41(33-17-8-7-16-32(33)38)25-35(42)40(24-28-12-9-13-29(37)22-28)34(23-27-10-3-2-4-11-27)36(43)39-30-14-5-6-15-30/h2-4,7-13,16-22,30,34H,5-6,14-15,23-25H2,1H3,(H,39,43). The molecule has 0 radical (unpaired) electrons. The van der Waals surface area contributed by atoms with Crippen LogP contribution in [-0.4, -0.2) is 43.8 Å². The molecule has 1 saturated carbocycles. The Balaban J connectivity index is 1.57. The Bertz CT molecular complexity index is 1760. The number of amides is 2. The van der Waals surface area contributed by atoms with E-state index in [0.717, 1.165) is 51.2 Å². The molecule has 1 fully saturated rings. The zero-order valence-corrected chi connectivity index (χ0v) is 28.8. The van der Waals surface area contributed by atoms with Gasteiger partial charge in [-0.1, -0.05) is 113 Å². The van der Waals surface area contributed by atoms with Crippen molar-refractivity contribution in [2.75, 3.05) is 10.8 Å². The molecule has 0 aromatic heterocycles. The first kappa shape index (κ1) is 33.7. The van der Waals surface area contributed by atoms with Gasteiger partial charge in [0.15, 0.2) is 0 Å². The number of anilines is 1. The van der Waals surface area contributed by atoms with Gasteiger partial charge >= 0.3 is 0 Å². The summed E-state index contributed by atoms with van der Waals surface area (Å²) in [4.78, 5) is 30.3. The van der Waals surface area contributed by atoms with Crippen molar-refractivity contribution in [1.82, 2.24) is 10.2 Å². The van der Waals surface area contributed by atoms with Crippen LogP contribution in [0.3, 0.4) is 0 Å². The van der Waals surface area contributed by atoms with Crippen molar-refractivity contribution in [2.45, 2.75) is 62.6 Å². The summed E-state index contributed by atoms with van der Waals surface area (Å²) in [6, 6.07) is 29.2. The van der Waals surface area contributed by atoms with Crippen molar-refractivity contribution in [1.29, 1.82) is 0 Å². The second kappa shape index (κ2) is 15.3. The van der Waals surface area contributed by atoms with Gasteiger partial charge in [-0.3, -0.25) is 13.9 Å². The maximum atomic E-state index is 14.6. The molecule has 7 nitrogen and oxygen atoms in total. The van der Waals surface area contributed by atoms with Gasteiger partial charge in [-0.05, 0) is 67.3 Å². The van der Waals surface area contributed by atoms with Gasteiger partial charge in [0.2, 0.25) is 11.8 Å². The summed E-state index contributed by atoms with van der Waals surface area (Å²) < 4.78 is 30.3. The Hall–Kier alpha value is -3.66. The second-order valence-corrected chi connectivity index (χ2v) is 14.8. The monoisotopic (exact) mass is 721 g/mol. The van der Waals surface area contributed by atoms with Crippen LogP contribution in [0.25, 0.3) is 0 Å². The van der Waals surface area contributed by atoms with Crippen LogP contribution >= 0.6 is 27.5 Å². The minimum Gasteiger partial charge on any atom is -0.352 e. The van der Waals surface area contributed by atoms with E-state index in [1.54, 1.807) is 36.4 Å². The fraction of sp³-hybridized carbons (Fsp3) is 0.278. The molecule has 1 N–H and O–H groups in total. The van der Waals surface area contributed by atoms with Gasteiger partial charge in [0.25, 0.3) is 10.0 Å². The maximum absolute atomic E-state index is 14.6. The third kappa shape index (κ3) is 8.37. The summed E-state index contributed by atoms with van der Waals surface area (Å²) >= 11 is 10.1. The van der Waals surface area contributed by atoms with E-state index in [4.69, 9.17) is 11.6 Å². The highest BCUT2D eigenvalue weighted by Crippen LogP contribution is 2.31. The lowest BCUT2D eigenvalue weighted by molar-refractivity contribution is -0.140. The molecule has 1 unspecified atom stereocenters. The van der Waals surface area contributed by atoms with Gasteiger partial charge in [0.1, 0.15) is 12.6 Å². The number of sulfonamides is 1. The maximum Gasteiger partial charge on any atom is 0.264 e. The number of carbonyl (C=O) groups is 2. The van der Waals surface area contributed by atoms with E-state index in [9.17, 15) is 18.0 Å². The van der Waals surface area contributed by atoms with Gasteiger partial charge in [-0.15, -0.1) is 0 Å². The highest BCUT2D eigenvalue weighted by Gasteiger charge is 2.36. The van der Waals surface area contributed by atoms with E-state index in [-0.39, 0.29) is 40.5 Å². The quantitative estimate of drug-likeness (QED) is 0.166. The van der Waals surface area contributed by atoms with Crippen LogP contribution in [0.1, 0.15) is 42.4 Å². The lowest BCUT2D eigenvalue weighted by Gasteiger charge is -2.34. The first-order chi connectivity index (χ1) is 22.1. The molecule has 10 heteroatoms. The number of aryl methyl sites for hydroxylation is 1. The van der Waals surface area contributed by atoms with Crippen LogP contribution in [0.2, 0.25) is 5.02 Å². The molecule has 0 heterocycles. The van der Waals surface area contributed by atoms with Gasteiger partial charge in [-0.25, -0.2) is 8.42 Å². The molecule has 1 aliphatic rings. The van der Waals surface area contributed by atoms with Crippen molar-refractivity contribution in [2.24, 2.45) is 0 Å². The normalized spacial score (nSPS) is 14.1. The molecule has 0 aliphatic heterocycles. The van der Waals surface area contributed by atoms with Crippen LogP contribution in [-0.2, 0) is 32.6 Å². The number of nitrogens with one attached hydrogen (secondary N) is 1. The van der Waals surface area contributed by atoms with Crippen LogP contribution in [0.15, 0.2) is 112 Å². The number of rotatable bonds is 12. The largest absolute Gasteiger partial charge is 0.352 e. The molecule has 1 atom stereocenters. The number of carbonyl (C=O) groups excluding carboxylic acids is 2. The van der Waals surface area contributed by atoms with Crippen LogP contribution < -0.4 is 9.62 Å². The molecule has 1 aliphatic carbocycles. The van der Waals surface area contributed by atoms with Crippen molar-refractivity contribution in [3.63, 3.8) is 0 Å². The van der Waals surface area contributed by atoms with E-state index in [2.05, 4.69) is 21.2 Å². The molecular formula is C36H37BrClN3O4S. The Morgan fingerprint density at radius 1 is 0.891 bits per heavy atom. The molecule has 0 bridgehead atoms. The third-order valence-electron chi connectivity index (χ3n) is 8.22. The zero-order valence-electron chi connectivity index (χ0n) is 25.6. The number of nitrogens with zero attached hydrogens (tertiary/aromatic N) is 2. The minimum absolute atomic E-state index is 0.0316. The number of para-hydroxylation sites is 1. The predicted octanol–water partition coefficient (Wildman–Crippen LogP) is 7.31. The summed E-state index contributed by atoms with van der Waals surface area (Å²) in [5, 5.41) is 3.38. The summed E-state index contributed by atoms with van der Waals surface area (Å²) in [5.74, 6) is -0.789. The number of hydrogen-bond acceptors (Lipinski definition) is 4. The van der Waals surface area contributed by atoms with E-state index in [0.29, 0.717) is 0 Å². The Labute approximate surface area is 284 Å². The van der Waals surface area contributed by atoms with Gasteiger partial charge in [0, 0.05) is 23.5 Å². The fourth-order valence-electron chi connectivity index (χ4n) is 5.76. The topological polar surface area (TPSA) is 86.8 Å². The average molecular weight is 723 g/mol. The number of hydrogen-bond donors (Lipinski definition) is 1. The molecule has 5 rings (SSSR count). The first-order valence-electron chi connectivity index (χ1n) is 15.3. The second-order valence-electron chi connectivity index (χ2n) is 11.6. The van der Waals surface area contributed by atoms with E-state index in [1.807, 2.05) is 61.5 Å². The summed E-state index contributed by atoms with van der Waals surface area (Å²) in [7, 11) is -4.23. The molecule has 2 amide bonds. The molecule has 46 heavy (non-hydrogen) atoms. The van der Waals surface area contributed by atoms with Crippen LogP contribution in [0.4, 0.5) is 5.69 Å². The van der Waals surface area contributed by atoms with E-state index >= 15 is 0 Å². The summed E-state index contributed by atoms with van der Waals surface area (Å²) in [5.41, 5.74) is 2.75. The minimum atomic E-state index is -4.23. The number of halogens is 2. The van der Waals surface area contributed by atoms with Crippen LogP contribution in [0.5, 0.6) is 0 Å². The van der Waals surface area contributed by atoms with Gasteiger partial charge in [-0.2, -0.15) is 0 Å². The Morgan fingerprint density at radius 3 is 2.22 bits per heavy atom. The lowest BCUT2D eigenvalue weighted by atomic mass is 10.0. The van der Waals surface area contributed by atoms with Crippen molar-refractivity contribution in [3.05, 3.63) is 129 Å². The van der Waals surface area contributed by atoms with Crippen molar-refractivity contribution in [3.8, 4) is 0 Å². The number of benzene rings is 4. The lowest BCUT2D eigenvalue weighted by Crippen LogP contribution is -2.54. The van der Waals surface area contributed by atoms with Crippen LogP contribution in [0, 0.1) is 6.92 Å². The van der Waals surface area contributed by atoms with E-state index < -0.39 is 28.5 Å². The van der Waals surface area contributed by atoms with E-state index in [1.165, 1.54) is 17.0 Å². The highest BCUT2D eigenvalue weighted by atomic mass is 79.9. The molecule has 4 aromatic rings. The first-order valence-corrected chi connectivity index (χ1v) is 17.9. The zero-order chi connectivity index (χ0) is 32.7. The smallest absolute Gasteiger partial charge is 0.264 e. The molecule has 0 spiro atoms. The predicted molar refractivity (Wildman–Crippen MR) is 186 cm³/mol. The SMILES string of the molecule is Cc1ccc(S(=O)(=O)N(CC(=O)N(Cc2cccc(Br)c2)C(Cc2ccccc2)C(=O)NC2CCCC2)c2ccccc2Cl)cc1. The molecule has 4 aromatic carbocycles. The highest BCUT2D eigenvalue weighted by molar-refractivity contribution is 9.10. The Kier molecular flexibility index (Phi) is 11.2. The fourth-order valence-corrected chi connectivity index (χ4v) is 7.93. The van der Waals surface area contributed by atoms with Crippen molar-refractivity contribution < 1.29 is 18.0 Å². The Morgan fingerprint density at radius 2 is 1.54 bits per heavy atom. The molecule has 240 valence electrons. The third-order valence-corrected chi connectivity index (χ3v) is 10.8. The molecule has 0 saturated heterocycles. The van der Waals surface area contributed by atoms with Crippen molar-refractivity contribution >= 4 is 55.1 Å². The molecular weight excluding hydrogens is 686 g/mol. The average Bonchev–Trinajstić information content (AvgIpc) is 3.55. The summed E-state index contributed by atoms with van der Waals surface area (Å²) in [6.45, 7) is 1.40.